The highest BCUT2D eigenvalue weighted by molar-refractivity contribution is 5.81. The molecule has 20 heavy (non-hydrogen) atoms. The Balaban J connectivity index is 1.52. The minimum atomic E-state index is -0.0407. The lowest BCUT2D eigenvalue weighted by Crippen LogP contribution is -2.58. The van der Waals surface area contributed by atoms with Crippen LogP contribution in [-0.2, 0) is 9.53 Å². The van der Waals surface area contributed by atoms with Crippen LogP contribution in [0.3, 0.4) is 0 Å². The molecule has 0 bridgehead atoms. The van der Waals surface area contributed by atoms with Crippen LogP contribution in [0.15, 0.2) is 12.4 Å². The van der Waals surface area contributed by atoms with Gasteiger partial charge in [-0.15, -0.1) is 0 Å². The van der Waals surface area contributed by atoms with Gasteiger partial charge in [0.25, 0.3) is 0 Å². The minimum absolute atomic E-state index is 0.0407. The largest absolute Gasteiger partial charge is 0.378 e. The lowest BCUT2D eigenvalue weighted by Gasteiger charge is -2.43. The fourth-order valence-corrected chi connectivity index (χ4v) is 2.81. The summed E-state index contributed by atoms with van der Waals surface area (Å²) in [7, 11) is 0. The van der Waals surface area contributed by atoms with Crippen LogP contribution >= 0.6 is 0 Å². The molecule has 3 rings (SSSR count). The monoisotopic (exact) mass is 278 g/mol. The quantitative estimate of drug-likeness (QED) is 0.798. The third-order valence-electron chi connectivity index (χ3n) is 4.22. The van der Waals surface area contributed by atoms with Gasteiger partial charge in [-0.1, -0.05) is 0 Å². The fraction of sp³-hybridized carbons (Fsp3) is 0.714. The summed E-state index contributed by atoms with van der Waals surface area (Å²) in [6.45, 7) is 8.61. The van der Waals surface area contributed by atoms with E-state index < -0.39 is 0 Å². The number of likely N-dealkylation sites (tertiary alicyclic amines) is 1. The molecule has 0 radical (unpaired) electrons. The average Bonchev–Trinajstić information content (AvgIpc) is 2.83. The van der Waals surface area contributed by atoms with Gasteiger partial charge < -0.3 is 9.64 Å². The lowest BCUT2D eigenvalue weighted by molar-refractivity contribution is -0.143. The summed E-state index contributed by atoms with van der Waals surface area (Å²) in [6.07, 6.45) is 3.95. The second-order valence-electron chi connectivity index (χ2n) is 5.72. The van der Waals surface area contributed by atoms with Gasteiger partial charge >= 0.3 is 0 Å². The molecular weight excluding hydrogens is 256 g/mol. The van der Waals surface area contributed by atoms with Crippen molar-refractivity contribution < 1.29 is 9.53 Å². The first kappa shape index (κ1) is 13.6. The van der Waals surface area contributed by atoms with Gasteiger partial charge in [-0.2, -0.15) is 5.10 Å². The van der Waals surface area contributed by atoms with Crippen molar-refractivity contribution in [3.8, 4) is 0 Å². The van der Waals surface area contributed by atoms with Crippen LogP contribution < -0.4 is 0 Å². The van der Waals surface area contributed by atoms with E-state index in [4.69, 9.17) is 4.74 Å². The number of nitrogens with zero attached hydrogens (tertiary/aromatic N) is 4. The maximum atomic E-state index is 12.4. The summed E-state index contributed by atoms with van der Waals surface area (Å²) < 4.78 is 7.30. The summed E-state index contributed by atoms with van der Waals surface area (Å²) in [4.78, 5) is 16.5. The smallest absolute Gasteiger partial charge is 0.239 e. The Bertz CT molecular complexity index is 475. The molecule has 0 N–H and O–H groups in total. The van der Waals surface area contributed by atoms with Gasteiger partial charge in [0.2, 0.25) is 5.91 Å². The zero-order valence-electron chi connectivity index (χ0n) is 12.2. The van der Waals surface area contributed by atoms with Crippen LogP contribution in [0.1, 0.15) is 18.5 Å². The molecule has 6 heteroatoms. The molecule has 110 valence electrons. The maximum Gasteiger partial charge on any atom is 0.239 e. The molecule has 1 atom stereocenters. The van der Waals surface area contributed by atoms with E-state index in [9.17, 15) is 4.79 Å². The molecule has 1 aromatic rings. The third kappa shape index (κ3) is 2.58. The van der Waals surface area contributed by atoms with E-state index in [0.717, 1.165) is 26.2 Å². The highest BCUT2D eigenvalue weighted by Gasteiger charge is 2.36. The number of rotatable bonds is 3. The van der Waals surface area contributed by atoms with Gasteiger partial charge in [-0.3, -0.25) is 14.4 Å². The molecule has 1 amide bonds. The van der Waals surface area contributed by atoms with Gasteiger partial charge in [0.1, 0.15) is 0 Å². The lowest BCUT2D eigenvalue weighted by atomic mass is 10.1. The summed E-state index contributed by atoms with van der Waals surface area (Å²) in [5.74, 6) is 0.225. The molecule has 0 saturated carbocycles. The molecule has 3 heterocycles. The van der Waals surface area contributed by atoms with Crippen molar-refractivity contribution >= 4 is 5.91 Å². The Labute approximate surface area is 119 Å². The number of ether oxygens (including phenoxy) is 1. The van der Waals surface area contributed by atoms with Crippen LogP contribution in [-0.4, -0.2) is 70.9 Å². The van der Waals surface area contributed by atoms with Crippen LogP contribution in [0.25, 0.3) is 0 Å². The zero-order chi connectivity index (χ0) is 14.1. The molecule has 0 spiro atoms. The van der Waals surface area contributed by atoms with Crippen LogP contribution in [0.2, 0.25) is 0 Å². The van der Waals surface area contributed by atoms with Gasteiger partial charge in [-0.25, -0.2) is 0 Å². The van der Waals surface area contributed by atoms with Gasteiger partial charge in [0.15, 0.2) is 0 Å². The maximum absolute atomic E-state index is 12.4. The summed E-state index contributed by atoms with van der Waals surface area (Å²) >= 11 is 0. The van der Waals surface area contributed by atoms with E-state index in [2.05, 4.69) is 16.2 Å². The SMILES string of the molecule is Cc1cnn(C2CN([C@H](C)C(=O)N3CCOCC3)C2)c1. The third-order valence-corrected chi connectivity index (χ3v) is 4.22. The Morgan fingerprint density at radius 3 is 2.70 bits per heavy atom. The number of aryl methyl sites for hydroxylation is 1. The van der Waals surface area contributed by atoms with Crippen LogP contribution in [0.4, 0.5) is 0 Å². The molecule has 1 aromatic heterocycles. The second kappa shape index (κ2) is 5.54. The van der Waals surface area contributed by atoms with Crippen molar-refractivity contribution in [2.24, 2.45) is 0 Å². The molecule has 0 unspecified atom stereocenters. The molecule has 2 fully saturated rings. The number of carbonyl (C=O) groups is 1. The highest BCUT2D eigenvalue weighted by atomic mass is 16.5. The minimum Gasteiger partial charge on any atom is -0.378 e. The Morgan fingerprint density at radius 1 is 1.40 bits per heavy atom. The van der Waals surface area contributed by atoms with E-state index in [1.54, 1.807) is 0 Å². The number of aromatic nitrogens is 2. The Morgan fingerprint density at radius 2 is 2.10 bits per heavy atom. The molecule has 0 aliphatic carbocycles. The van der Waals surface area contributed by atoms with E-state index in [1.807, 2.05) is 29.6 Å². The van der Waals surface area contributed by atoms with Gasteiger partial charge in [0, 0.05) is 32.4 Å². The first-order valence-corrected chi connectivity index (χ1v) is 7.26. The molecule has 6 nitrogen and oxygen atoms in total. The molecular formula is C14H22N4O2. The van der Waals surface area contributed by atoms with Crippen molar-refractivity contribution in [1.82, 2.24) is 19.6 Å². The van der Waals surface area contributed by atoms with Crippen molar-refractivity contribution in [1.29, 1.82) is 0 Å². The number of amides is 1. The van der Waals surface area contributed by atoms with E-state index in [-0.39, 0.29) is 11.9 Å². The second-order valence-corrected chi connectivity index (χ2v) is 5.72. The molecule has 2 aliphatic rings. The van der Waals surface area contributed by atoms with Crippen molar-refractivity contribution in [2.75, 3.05) is 39.4 Å². The molecule has 2 aliphatic heterocycles. The normalized spacial score (nSPS) is 22.6. The average molecular weight is 278 g/mol. The predicted molar refractivity (Wildman–Crippen MR) is 74.4 cm³/mol. The fourth-order valence-electron chi connectivity index (χ4n) is 2.81. The number of morpholine rings is 1. The van der Waals surface area contributed by atoms with Crippen molar-refractivity contribution in [3.05, 3.63) is 18.0 Å². The highest BCUT2D eigenvalue weighted by Crippen LogP contribution is 2.24. The first-order valence-electron chi connectivity index (χ1n) is 7.26. The predicted octanol–water partition coefficient (Wildman–Crippen LogP) is 0.296. The Hall–Kier alpha value is -1.40. The summed E-state index contributed by atoms with van der Waals surface area (Å²) in [6, 6.07) is 0.365. The van der Waals surface area contributed by atoms with E-state index in [0.29, 0.717) is 19.3 Å². The van der Waals surface area contributed by atoms with E-state index in [1.165, 1.54) is 5.56 Å². The Kier molecular flexibility index (Phi) is 3.76. The van der Waals surface area contributed by atoms with Gasteiger partial charge in [-0.05, 0) is 19.4 Å². The number of hydrogen-bond acceptors (Lipinski definition) is 4. The molecule has 0 aromatic carbocycles. The number of hydrogen-bond donors (Lipinski definition) is 0. The van der Waals surface area contributed by atoms with Crippen molar-refractivity contribution in [2.45, 2.75) is 25.9 Å². The summed E-state index contributed by atoms with van der Waals surface area (Å²) in [5, 5.41) is 4.34. The van der Waals surface area contributed by atoms with Crippen LogP contribution in [0, 0.1) is 6.92 Å². The standard InChI is InChI=1S/C14H22N4O2/c1-11-7-15-18(8-11)13-9-17(10-13)12(2)14(19)16-3-5-20-6-4-16/h7-8,12-13H,3-6,9-10H2,1-2H3/t12-/m1/s1. The van der Waals surface area contributed by atoms with Gasteiger partial charge in [0.05, 0.1) is 31.5 Å². The first-order chi connectivity index (χ1) is 9.65. The number of carbonyl (C=O) groups excluding carboxylic acids is 1. The van der Waals surface area contributed by atoms with Crippen molar-refractivity contribution in [3.63, 3.8) is 0 Å². The van der Waals surface area contributed by atoms with E-state index >= 15 is 0 Å². The molecule has 2 saturated heterocycles. The summed E-state index contributed by atoms with van der Waals surface area (Å²) in [5.41, 5.74) is 1.18. The topological polar surface area (TPSA) is 50.6 Å². The zero-order valence-corrected chi connectivity index (χ0v) is 12.2. The van der Waals surface area contributed by atoms with Crippen LogP contribution in [0.5, 0.6) is 0 Å².